The first-order valence-electron chi connectivity index (χ1n) is 8.87. The van der Waals surface area contributed by atoms with Gasteiger partial charge in [0, 0.05) is 5.92 Å². The molecule has 1 aromatic heterocycles. The van der Waals surface area contributed by atoms with Crippen molar-refractivity contribution in [3.63, 3.8) is 0 Å². The molecule has 7 heteroatoms. The number of rotatable bonds is 5. The molecule has 1 aliphatic carbocycles. The van der Waals surface area contributed by atoms with E-state index in [4.69, 9.17) is 9.15 Å². The Morgan fingerprint density at radius 1 is 1.33 bits per heavy atom. The highest BCUT2D eigenvalue weighted by atomic mass is 16.5. The molecule has 0 spiro atoms. The molecule has 2 fully saturated rings. The zero-order chi connectivity index (χ0) is 19.2. The van der Waals surface area contributed by atoms with Crippen molar-refractivity contribution in [2.24, 2.45) is 11.0 Å². The molecule has 0 radical (unpaired) electrons. The lowest BCUT2D eigenvalue weighted by atomic mass is 9.92. The Balaban J connectivity index is 1.54. The van der Waals surface area contributed by atoms with Gasteiger partial charge in [-0.1, -0.05) is 19.1 Å². The Bertz CT molecular complexity index is 935. The Morgan fingerprint density at radius 2 is 2.11 bits per heavy atom. The second-order valence-corrected chi connectivity index (χ2v) is 7.21. The first kappa shape index (κ1) is 17.3. The number of nitrogens with one attached hydrogen (secondary N) is 1. The number of hydrazone groups is 1. The lowest BCUT2D eigenvalue weighted by Crippen LogP contribution is -2.40. The number of imide groups is 1. The van der Waals surface area contributed by atoms with Crippen LogP contribution in [0.5, 0.6) is 5.75 Å². The average molecular weight is 367 g/mol. The number of urea groups is 1. The maximum Gasteiger partial charge on any atom is 0.346 e. The zero-order valence-electron chi connectivity index (χ0n) is 15.4. The molecule has 27 heavy (non-hydrogen) atoms. The van der Waals surface area contributed by atoms with E-state index in [-0.39, 0.29) is 0 Å². The van der Waals surface area contributed by atoms with Crippen LogP contribution in [0.4, 0.5) is 4.79 Å². The largest absolute Gasteiger partial charge is 0.497 e. The van der Waals surface area contributed by atoms with E-state index in [9.17, 15) is 9.59 Å². The predicted octanol–water partition coefficient (Wildman–Crippen LogP) is 3.21. The third-order valence-corrected chi connectivity index (χ3v) is 5.24. The number of furan rings is 1. The number of carbonyl (C=O) groups excluding carboxylic acids is 2. The van der Waals surface area contributed by atoms with Crippen LogP contribution in [0.3, 0.4) is 0 Å². The molecule has 2 heterocycles. The molecular weight excluding hydrogens is 346 g/mol. The third kappa shape index (κ3) is 2.99. The van der Waals surface area contributed by atoms with Crippen LogP contribution in [0.15, 0.2) is 45.9 Å². The molecule has 1 N–H and O–H groups in total. The van der Waals surface area contributed by atoms with Crippen molar-refractivity contribution < 1.29 is 18.7 Å². The van der Waals surface area contributed by atoms with Crippen molar-refractivity contribution in [2.45, 2.75) is 31.7 Å². The maximum absolute atomic E-state index is 12.9. The molecule has 1 aromatic carbocycles. The highest BCUT2D eigenvalue weighted by Crippen LogP contribution is 2.47. The van der Waals surface area contributed by atoms with Gasteiger partial charge in [-0.05, 0) is 49.1 Å². The summed E-state index contributed by atoms with van der Waals surface area (Å²) in [4.78, 5) is 25.2. The van der Waals surface area contributed by atoms with Crippen LogP contribution >= 0.6 is 0 Å². The molecule has 4 rings (SSSR count). The lowest BCUT2D eigenvalue weighted by Gasteiger charge is -2.21. The van der Waals surface area contributed by atoms with Crippen LogP contribution in [0, 0.1) is 5.92 Å². The van der Waals surface area contributed by atoms with Crippen LogP contribution in [0.25, 0.3) is 0 Å². The van der Waals surface area contributed by atoms with Gasteiger partial charge in [-0.3, -0.25) is 4.79 Å². The summed E-state index contributed by atoms with van der Waals surface area (Å²) in [5.41, 5.74) is -0.582. The van der Waals surface area contributed by atoms with E-state index >= 15 is 0 Å². The molecule has 1 saturated heterocycles. The normalized spacial score (nSPS) is 27.3. The van der Waals surface area contributed by atoms with Gasteiger partial charge in [0.15, 0.2) is 0 Å². The van der Waals surface area contributed by atoms with Crippen molar-refractivity contribution in [1.82, 2.24) is 10.3 Å². The number of amides is 3. The molecule has 0 unspecified atom stereocenters. The fourth-order valence-electron chi connectivity index (χ4n) is 3.33. The van der Waals surface area contributed by atoms with E-state index in [1.807, 2.05) is 6.07 Å². The molecule has 2 aliphatic rings. The van der Waals surface area contributed by atoms with Crippen molar-refractivity contribution >= 4 is 18.2 Å². The summed E-state index contributed by atoms with van der Waals surface area (Å²) in [5, 5.41) is 7.60. The molecule has 140 valence electrons. The van der Waals surface area contributed by atoms with E-state index in [0.717, 1.165) is 17.2 Å². The summed E-state index contributed by atoms with van der Waals surface area (Å²) >= 11 is 0. The maximum atomic E-state index is 12.9. The van der Waals surface area contributed by atoms with Gasteiger partial charge < -0.3 is 14.5 Å². The Morgan fingerprint density at radius 3 is 2.81 bits per heavy atom. The summed E-state index contributed by atoms with van der Waals surface area (Å²) in [6.07, 6.45) is 2.52. The minimum absolute atomic E-state index is 0.459. The van der Waals surface area contributed by atoms with Gasteiger partial charge in [-0.2, -0.15) is 5.10 Å². The van der Waals surface area contributed by atoms with E-state index in [2.05, 4.69) is 17.3 Å². The minimum atomic E-state index is -1.21. The second-order valence-electron chi connectivity index (χ2n) is 7.21. The van der Waals surface area contributed by atoms with Crippen molar-refractivity contribution in [1.29, 1.82) is 0 Å². The molecule has 2 aromatic rings. The lowest BCUT2D eigenvalue weighted by molar-refractivity contribution is -0.131. The van der Waals surface area contributed by atoms with Crippen molar-refractivity contribution in [2.75, 3.05) is 7.11 Å². The van der Waals surface area contributed by atoms with Gasteiger partial charge in [0.05, 0.1) is 13.3 Å². The monoisotopic (exact) mass is 367 g/mol. The number of nitrogens with zero attached hydrogens (tertiary/aromatic N) is 2. The van der Waals surface area contributed by atoms with Crippen molar-refractivity contribution in [3.05, 3.63) is 53.5 Å². The molecular formula is C20H21N3O4. The standard InChI is InChI=1S/C20H21N3O4/c1-12-9-16(12)17-8-7-15(27-17)11-21-23-18(24)20(2,22-19(23)25)13-5-4-6-14(10-13)26-3/h4-8,10-12,16H,9H2,1-3H3,(H,22,25)/b21-11-/t12-,16-,20-/m1/s1. The molecule has 7 nitrogen and oxygen atoms in total. The average Bonchev–Trinajstić information content (AvgIpc) is 3.12. The first-order valence-corrected chi connectivity index (χ1v) is 8.87. The number of ether oxygens (including phenoxy) is 1. The fraction of sp³-hybridized carbons (Fsp3) is 0.350. The molecule has 1 aliphatic heterocycles. The number of methoxy groups -OCH3 is 1. The molecule has 3 amide bonds. The van der Waals surface area contributed by atoms with E-state index in [0.29, 0.717) is 28.9 Å². The Hall–Kier alpha value is -3.09. The van der Waals surface area contributed by atoms with E-state index in [1.54, 1.807) is 44.4 Å². The minimum Gasteiger partial charge on any atom is -0.497 e. The van der Waals surface area contributed by atoms with Crippen LogP contribution in [0.1, 0.15) is 43.3 Å². The third-order valence-electron chi connectivity index (χ3n) is 5.24. The smallest absolute Gasteiger partial charge is 0.346 e. The summed E-state index contributed by atoms with van der Waals surface area (Å²) in [7, 11) is 1.55. The molecule has 3 atom stereocenters. The topological polar surface area (TPSA) is 84.1 Å². The fourth-order valence-corrected chi connectivity index (χ4v) is 3.33. The first-order chi connectivity index (χ1) is 12.9. The summed E-state index contributed by atoms with van der Waals surface area (Å²) in [5.74, 6) is 2.67. The highest BCUT2D eigenvalue weighted by molar-refractivity contribution is 6.07. The number of benzene rings is 1. The number of hydrogen-bond donors (Lipinski definition) is 1. The van der Waals surface area contributed by atoms with Gasteiger partial charge in [0.1, 0.15) is 22.8 Å². The van der Waals surface area contributed by atoms with Gasteiger partial charge in [0.25, 0.3) is 5.91 Å². The number of carbonyl (C=O) groups is 2. The summed E-state index contributed by atoms with van der Waals surface area (Å²) in [6.45, 7) is 3.82. The Kier molecular flexibility index (Phi) is 4.02. The van der Waals surface area contributed by atoms with Gasteiger partial charge >= 0.3 is 6.03 Å². The van der Waals surface area contributed by atoms with Crippen LogP contribution in [-0.2, 0) is 10.3 Å². The van der Waals surface area contributed by atoms with Crippen molar-refractivity contribution in [3.8, 4) is 5.75 Å². The number of hydrogen-bond acceptors (Lipinski definition) is 5. The molecule has 0 bridgehead atoms. The zero-order valence-corrected chi connectivity index (χ0v) is 15.4. The second kappa shape index (κ2) is 6.26. The van der Waals surface area contributed by atoms with Gasteiger partial charge in [0.2, 0.25) is 0 Å². The van der Waals surface area contributed by atoms with Crippen LogP contribution in [-0.4, -0.2) is 30.3 Å². The van der Waals surface area contributed by atoms with Crippen LogP contribution in [0.2, 0.25) is 0 Å². The SMILES string of the molecule is COc1cccc([C@@]2(C)NC(=O)N(/N=C\c3ccc([C@@H]4C[C@H]4C)o3)C2=O)c1. The van der Waals surface area contributed by atoms with Crippen LogP contribution < -0.4 is 10.1 Å². The predicted molar refractivity (Wildman–Crippen MR) is 98.5 cm³/mol. The summed E-state index contributed by atoms with van der Waals surface area (Å²) < 4.78 is 10.9. The van der Waals surface area contributed by atoms with Gasteiger partial charge in [-0.15, -0.1) is 5.01 Å². The quantitative estimate of drug-likeness (QED) is 0.650. The Labute approximate surface area is 157 Å². The van der Waals surface area contributed by atoms with E-state index in [1.165, 1.54) is 6.21 Å². The summed E-state index contributed by atoms with van der Waals surface area (Å²) in [6, 6.07) is 10.2. The highest BCUT2D eigenvalue weighted by Gasteiger charge is 2.49. The van der Waals surface area contributed by atoms with Gasteiger partial charge in [-0.25, -0.2) is 4.79 Å². The van der Waals surface area contributed by atoms with E-state index < -0.39 is 17.5 Å². The molecule has 1 saturated carbocycles.